The third-order valence-electron chi connectivity index (χ3n) is 2.52. The SMILES string of the molecule is COc1ccccc1C(=O)Nc1ccc(C=O)cn1. The van der Waals surface area contributed by atoms with E-state index in [0.717, 1.165) is 0 Å². The van der Waals surface area contributed by atoms with Crippen LogP contribution >= 0.6 is 0 Å². The number of carbonyl (C=O) groups excluding carboxylic acids is 2. The molecule has 0 unspecified atom stereocenters. The van der Waals surface area contributed by atoms with Gasteiger partial charge in [0.25, 0.3) is 5.91 Å². The Bertz CT molecular complexity index is 594. The van der Waals surface area contributed by atoms with Gasteiger partial charge in [-0.1, -0.05) is 12.1 Å². The average Bonchev–Trinajstić information content (AvgIpc) is 2.48. The summed E-state index contributed by atoms with van der Waals surface area (Å²) < 4.78 is 5.11. The predicted octanol–water partition coefficient (Wildman–Crippen LogP) is 2.16. The molecule has 0 radical (unpaired) electrons. The quantitative estimate of drug-likeness (QED) is 0.851. The number of anilines is 1. The van der Waals surface area contributed by atoms with Crippen LogP contribution < -0.4 is 10.1 Å². The monoisotopic (exact) mass is 256 g/mol. The maximum Gasteiger partial charge on any atom is 0.260 e. The predicted molar refractivity (Wildman–Crippen MR) is 70.6 cm³/mol. The zero-order valence-corrected chi connectivity index (χ0v) is 10.3. The van der Waals surface area contributed by atoms with Crippen LogP contribution in [0.1, 0.15) is 20.7 Å². The van der Waals surface area contributed by atoms with Gasteiger partial charge in [0.2, 0.25) is 0 Å². The fourth-order valence-electron chi connectivity index (χ4n) is 1.56. The summed E-state index contributed by atoms with van der Waals surface area (Å²) >= 11 is 0. The lowest BCUT2D eigenvalue weighted by atomic mass is 10.2. The minimum atomic E-state index is -0.316. The van der Waals surface area contributed by atoms with E-state index in [1.807, 2.05) is 0 Å². The highest BCUT2D eigenvalue weighted by atomic mass is 16.5. The summed E-state index contributed by atoms with van der Waals surface area (Å²) in [5.41, 5.74) is 0.876. The number of pyridine rings is 1. The van der Waals surface area contributed by atoms with Crippen molar-refractivity contribution < 1.29 is 14.3 Å². The highest BCUT2D eigenvalue weighted by Crippen LogP contribution is 2.18. The minimum absolute atomic E-state index is 0.316. The van der Waals surface area contributed by atoms with Gasteiger partial charge in [-0.15, -0.1) is 0 Å². The van der Waals surface area contributed by atoms with E-state index in [4.69, 9.17) is 4.74 Å². The summed E-state index contributed by atoms with van der Waals surface area (Å²) in [7, 11) is 1.50. The number of ether oxygens (including phenoxy) is 1. The molecule has 5 nitrogen and oxygen atoms in total. The van der Waals surface area contributed by atoms with Crippen LogP contribution in [0, 0.1) is 0 Å². The Labute approximate surface area is 110 Å². The van der Waals surface area contributed by atoms with Crippen molar-refractivity contribution in [3.8, 4) is 5.75 Å². The van der Waals surface area contributed by atoms with Crippen LogP contribution in [0.15, 0.2) is 42.6 Å². The summed E-state index contributed by atoms with van der Waals surface area (Å²) in [6.07, 6.45) is 2.09. The molecule has 1 amide bonds. The number of nitrogens with one attached hydrogen (secondary N) is 1. The lowest BCUT2D eigenvalue weighted by Gasteiger charge is -2.08. The largest absolute Gasteiger partial charge is 0.496 e. The Morgan fingerprint density at radius 2 is 2.05 bits per heavy atom. The second kappa shape index (κ2) is 5.77. The molecular formula is C14H12N2O3. The molecule has 0 aliphatic rings. The number of nitrogens with zero attached hydrogens (tertiary/aromatic N) is 1. The van der Waals surface area contributed by atoms with Crippen LogP contribution in [0.5, 0.6) is 5.75 Å². The molecule has 0 saturated heterocycles. The number of aldehydes is 1. The summed E-state index contributed by atoms with van der Waals surface area (Å²) in [5, 5.41) is 2.64. The van der Waals surface area contributed by atoms with Gasteiger partial charge in [-0.25, -0.2) is 4.98 Å². The molecule has 1 heterocycles. The van der Waals surface area contributed by atoms with Gasteiger partial charge in [-0.05, 0) is 24.3 Å². The molecule has 0 aliphatic carbocycles. The maximum absolute atomic E-state index is 12.0. The number of hydrogen-bond donors (Lipinski definition) is 1. The summed E-state index contributed by atoms with van der Waals surface area (Å²) in [5.74, 6) is 0.551. The standard InChI is InChI=1S/C14H12N2O3/c1-19-12-5-3-2-4-11(12)14(18)16-13-7-6-10(9-17)8-15-13/h2-9H,1H3,(H,15,16,18). The highest BCUT2D eigenvalue weighted by molar-refractivity contribution is 6.05. The average molecular weight is 256 g/mol. The van der Waals surface area contributed by atoms with Crippen molar-refractivity contribution in [1.82, 2.24) is 4.98 Å². The maximum atomic E-state index is 12.0. The van der Waals surface area contributed by atoms with Gasteiger partial charge in [-0.3, -0.25) is 9.59 Å². The summed E-state index contributed by atoms with van der Waals surface area (Å²) in [6.45, 7) is 0. The van der Waals surface area contributed by atoms with Crippen molar-refractivity contribution in [3.63, 3.8) is 0 Å². The van der Waals surface area contributed by atoms with Crippen molar-refractivity contribution in [1.29, 1.82) is 0 Å². The van der Waals surface area contributed by atoms with Crippen molar-refractivity contribution >= 4 is 18.0 Å². The third-order valence-corrected chi connectivity index (χ3v) is 2.52. The fourth-order valence-corrected chi connectivity index (χ4v) is 1.56. The number of rotatable bonds is 4. The fraction of sp³-hybridized carbons (Fsp3) is 0.0714. The smallest absolute Gasteiger partial charge is 0.260 e. The molecule has 2 rings (SSSR count). The summed E-state index contributed by atoms with van der Waals surface area (Å²) in [4.78, 5) is 26.5. The van der Waals surface area contributed by atoms with E-state index in [9.17, 15) is 9.59 Å². The second-order valence-corrected chi connectivity index (χ2v) is 3.75. The first-order valence-corrected chi connectivity index (χ1v) is 5.60. The number of para-hydroxylation sites is 1. The minimum Gasteiger partial charge on any atom is -0.496 e. The lowest BCUT2D eigenvalue weighted by Crippen LogP contribution is -2.14. The van der Waals surface area contributed by atoms with Gasteiger partial charge in [-0.2, -0.15) is 0 Å². The Morgan fingerprint density at radius 1 is 1.26 bits per heavy atom. The Balaban J connectivity index is 2.18. The number of methoxy groups -OCH3 is 1. The van der Waals surface area contributed by atoms with E-state index in [-0.39, 0.29) is 5.91 Å². The zero-order chi connectivity index (χ0) is 13.7. The first-order valence-electron chi connectivity index (χ1n) is 5.60. The van der Waals surface area contributed by atoms with Crippen molar-refractivity contribution in [3.05, 3.63) is 53.7 Å². The molecule has 1 aromatic heterocycles. The molecule has 2 aromatic rings. The van der Waals surface area contributed by atoms with Gasteiger partial charge in [0.15, 0.2) is 6.29 Å². The van der Waals surface area contributed by atoms with E-state index in [1.54, 1.807) is 36.4 Å². The number of hydrogen-bond acceptors (Lipinski definition) is 4. The van der Waals surface area contributed by atoms with E-state index in [2.05, 4.69) is 10.3 Å². The van der Waals surface area contributed by atoms with Crippen LogP contribution in [0.4, 0.5) is 5.82 Å². The molecule has 0 spiro atoms. The number of benzene rings is 1. The van der Waals surface area contributed by atoms with E-state index >= 15 is 0 Å². The third kappa shape index (κ3) is 2.95. The normalized spacial score (nSPS) is 9.74. The van der Waals surface area contributed by atoms with Crippen molar-refractivity contribution in [2.24, 2.45) is 0 Å². The molecule has 0 aliphatic heterocycles. The highest BCUT2D eigenvalue weighted by Gasteiger charge is 2.11. The van der Waals surface area contributed by atoms with Gasteiger partial charge >= 0.3 is 0 Å². The Morgan fingerprint density at radius 3 is 2.68 bits per heavy atom. The first-order chi connectivity index (χ1) is 9.24. The zero-order valence-electron chi connectivity index (χ0n) is 10.3. The molecule has 0 atom stereocenters. The molecule has 0 fully saturated rings. The molecule has 1 aromatic carbocycles. The molecule has 96 valence electrons. The van der Waals surface area contributed by atoms with Gasteiger partial charge < -0.3 is 10.1 Å². The van der Waals surface area contributed by atoms with E-state index in [1.165, 1.54) is 13.3 Å². The molecule has 1 N–H and O–H groups in total. The van der Waals surface area contributed by atoms with Crippen LogP contribution in [0.3, 0.4) is 0 Å². The van der Waals surface area contributed by atoms with Crippen molar-refractivity contribution in [2.45, 2.75) is 0 Å². The Hall–Kier alpha value is -2.69. The summed E-state index contributed by atoms with van der Waals surface area (Å²) in [6, 6.07) is 10.0. The van der Waals surface area contributed by atoms with Crippen LogP contribution in [0.25, 0.3) is 0 Å². The topological polar surface area (TPSA) is 68.3 Å². The first kappa shape index (κ1) is 12.8. The molecular weight excluding hydrogens is 244 g/mol. The van der Waals surface area contributed by atoms with Crippen molar-refractivity contribution in [2.75, 3.05) is 12.4 Å². The van der Waals surface area contributed by atoms with Gasteiger partial charge in [0.05, 0.1) is 12.7 Å². The second-order valence-electron chi connectivity index (χ2n) is 3.75. The number of aromatic nitrogens is 1. The lowest BCUT2D eigenvalue weighted by molar-refractivity contribution is 0.102. The Kier molecular flexibility index (Phi) is 3.87. The van der Waals surface area contributed by atoms with Crippen LogP contribution in [-0.4, -0.2) is 24.3 Å². The van der Waals surface area contributed by atoms with Gasteiger partial charge in [0, 0.05) is 11.8 Å². The van der Waals surface area contributed by atoms with Crippen LogP contribution in [0.2, 0.25) is 0 Å². The molecule has 19 heavy (non-hydrogen) atoms. The van der Waals surface area contributed by atoms with Gasteiger partial charge in [0.1, 0.15) is 11.6 Å². The molecule has 0 bridgehead atoms. The van der Waals surface area contributed by atoms with E-state index < -0.39 is 0 Å². The number of carbonyl (C=O) groups is 2. The number of amides is 1. The molecule has 0 saturated carbocycles. The molecule has 5 heteroatoms. The van der Waals surface area contributed by atoms with E-state index in [0.29, 0.717) is 29.0 Å². The van der Waals surface area contributed by atoms with Crippen LogP contribution in [-0.2, 0) is 0 Å².